The predicted molar refractivity (Wildman–Crippen MR) is 91.2 cm³/mol. The molecule has 0 amide bonds. The maximum Gasteiger partial charge on any atom is 0.168 e. The molecule has 0 spiro atoms. The van der Waals surface area contributed by atoms with E-state index in [9.17, 15) is 4.79 Å². The van der Waals surface area contributed by atoms with E-state index in [0.717, 1.165) is 47.2 Å². The fourth-order valence-corrected chi connectivity index (χ4v) is 2.50. The Bertz CT molecular complexity index is 677. The molecule has 22 heavy (non-hydrogen) atoms. The molecular weight excluding hydrogens is 297 g/mol. The fourth-order valence-electron chi connectivity index (χ4n) is 2.30. The van der Waals surface area contributed by atoms with Crippen molar-refractivity contribution < 1.29 is 9.53 Å². The van der Waals surface area contributed by atoms with Gasteiger partial charge in [0.1, 0.15) is 11.4 Å². The van der Waals surface area contributed by atoms with Gasteiger partial charge in [-0.3, -0.25) is 4.79 Å². The molecule has 2 rings (SSSR count). The number of aldehydes is 1. The molecule has 116 valence electrons. The van der Waals surface area contributed by atoms with Gasteiger partial charge in [0.2, 0.25) is 0 Å². The molecule has 5 nitrogen and oxygen atoms in total. The second kappa shape index (κ2) is 7.34. The maximum absolute atomic E-state index is 11.6. The Hall–Kier alpha value is -1.97. The van der Waals surface area contributed by atoms with Crippen molar-refractivity contribution in [1.82, 2.24) is 15.1 Å². The molecule has 0 unspecified atom stereocenters. The minimum Gasteiger partial charge on any atom is -0.497 e. The number of rotatable bonds is 7. The SMILES string of the molecule is CNCCc1c(C(C)=P)nn(-c2ccc(OC)cc2)c1C=O. The van der Waals surface area contributed by atoms with Crippen LogP contribution < -0.4 is 10.1 Å². The molecule has 0 radical (unpaired) electrons. The lowest BCUT2D eigenvalue weighted by molar-refractivity contribution is 0.111. The molecule has 0 aliphatic heterocycles. The minimum absolute atomic E-state index is 0.577. The summed E-state index contributed by atoms with van der Waals surface area (Å²) in [6, 6.07) is 7.46. The van der Waals surface area contributed by atoms with Gasteiger partial charge in [0.05, 0.1) is 18.5 Å². The van der Waals surface area contributed by atoms with Crippen LogP contribution in [0.4, 0.5) is 0 Å². The van der Waals surface area contributed by atoms with Crippen molar-refractivity contribution in [2.75, 3.05) is 20.7 Å². The van der Waals surface area contributed by atoms with Gasteiger partial charge in [0.25, 0.3) is 0 Å². The first-order chi connectivity index (χ1) is 10.6. The lowest BCUT2D eigenvalue weighted by atomic mass is 10.1. The van der Waals surface area contributed by atoms with Gasteiger partial charge in [-0.1, -0.05) is 0 Å². The van der Waals surface area contributed by atoms with Gasteiger partial charge in [0.15, 0.2) is 6.29 Å². The largest absolute Gasteiger partial charge is 0.497 e. The van der Waals surface area contributed by atoms with E-state index in [1.54, 1.807) is 11.8 Å². The topological polar surface area (TPSA) is 56.1 Å². The van der Waals surface area contributed by atoms with Gasteiger partial charge in [-0.25, -0.2) is 4.68 Å². The summed E-state index contributed by atoms with van der Waals surface area (Å²) in [5, 5.41) is 8.60. The summed E-state index contributed by atoms with van der Waals surface area (Å²) in [6.07, 6.45) is 1.60. The van der Waals surface area contributed by atoms with Crippen LogP contribution in [0.25, 0.3) is 5.69 Å². The van der Waals surface area contributed by atoms with Crippen molar-refractivity contribution in [2.24, 2.45) is 0 Å². The minimum atomic E-state index is 0.577. The number of carbonyl (C=O) groups is 1. The molecule has 1 N–H and O–H groups in total. The monoisotopic (exact) mass is 317 g/mol. The van der Waals surface area contributed by atoms with E-state index in [0.29, 0.717) is 5.69 Å². The quantitative estimate of drug-likeness (QED) is 0.628. The molecule has 1 aromatic heterocycles. The van der Waals surface area contributed by atoms with Crippen LogP contribution in [0.3, 0.4) is 0 Å². The highest BCUT2D eigenvalue weighted by molar-refractivity contribution is 7.22. The van der Waals surface area contributed by atoms with Crippen molar-refractivity contribution in [2.45, 2.75) is 13.3 Å². The standard InChI is InChI=1S/C16H20N3O2P/c1-11(22)16-14(8-9-17-2)15(10-20)19(18-16)12-4-6-13(21-3)7-5-12/h4-7,10,17,22H,8-9H2,1-3H3. The van der Waals surface area contributed by atoms with Gasteiger partial charge in [0, 0.05) is 5.56 Å². The number of benzene rings is 1. The Balaban J connectivity index is 2.54. The number of likely N-dealkylation sites (N-methyl/N-ethyl adjacent to an activating group) is 1. The number of hydrogen-bond acceptors (Lipinski definition) is 4. The van der Waals surface area contributed by atoms with Crippen molar-refractivity contribution in [3.05, 3.63) is 41.2 Å². The third-order valence-corrected chi connectivity index (χ3v) is 3.67. The molecule has 1 aromatic carbocycles. The number of nitrogens with zero attached hydrogens (tertiary/aromatic N) is 2. The third kappa shape index (κ3) is 3.26. The van der Waals surface area contributed by atoms with E-state index in [1.807, 2.05) is 38.2 Å². The average molecular weight is 317 g/mol. The molecule has 0 aliphatic carbocycles. The molecule has 2 aromatic rings. The van der Waals surface area contributed by atoms with Gasteiger partial charge < -0.3 is 10.1 Å². The van der Waals surface area contributed by atoms with E-state index >= 15 is 0 Å². The summed E-state index contributed by atoms with van der Waals surface area (Å²) in [5.41, 5.74) is 3.15. The highest BCUT2D eigenvalue weighted by Gasteiger charge is 2.18. The number of carbonyl (C=O) groups excluding carboxylic acids is 1. The van der Waals surface area contributed by atoms with Crippen LogP contribution in [0.1, 0.15) is 28.7 Å². The predicted octanol–water partition coefficient (Wildman–Crippen LogP) is 2.14. The van der Waals surface area contributed by atoms with E-state index in [-0.39, 0.29) is 0 Å². The van der Waals surface area contributed by atoms with Gasteiger partial charge in [-0.2, -0.15) is 5.10 Å². The fraction of sp³-hybridized carbons (Fsp3) is 0.312. The highest BCUT2D eigenvalue weighted by Crippen LogP contribution is 2.21. The first kappa shape index (κ1) is 16.4. The lowest BCUT2D eigenvalue weighted by Crippen LogP contribution is -2.13. The Morgan fingerprint density at radius 3 is 2.59 bits per heavy atom. The zero-order valence-electron chi connectivity index (χ0n) is 13.0. The van der Waals surface area contributed by atoms with Crippen LogP contribution in [0.5, 0.6) is 5.75 Å². The van der Waals surface area contributed by atoms with E-state index in [2.05, 4.69) is 19.3 Å². The van der Waals surface area contributed by atoms with Gasteiger partial charge >= 0.3 is 0 Å². The van der Waals surface area contributed by atoms with Gasteiger partial charge in [-0.05, 0) is 56.5 Å². The summed E-state index contributed by atoms with van der Waals surface area (Å²) >= 11 is 0. The molecular formula is C16H20N3O2P. The number of hydrogen-bond donors (Lipinski definition) is 1. The normalized spacial score (nSPS) is 10.5. The number of nitrogens with one attached hydrogen (secondary N) is 1. The molecule has 0 bridgehead atoms. The van der Waals surface area contributed by atoms with Crippen LogP contribution in [-0.2, 0) is 6.42 Å². The Labute approximate surface area is 132 Å². The third-order valence-electron chi connectivity index (χ3n) is 3.43. The molecule has 0 atom stereocenters. The highest BCUT2D eigenvalue weighted by atomic mass is 31.0. The molecule has 0 aliphatic rings. The summed E-state index contributed by atoms with van der Waals surface area (Å²) in [5.74, 6) is 0.766. The van der Waals surface area contributed by atoms with Crippen molar-refractivity contribution in [3.8, 4) is 11.4 Å². The molecule has 0 saturated carbocycles. The average Bonchev–Trinajstić information content (AvgIpc) is 2.91. The number of aromatic nitrogens is 2. The van der Waals surface area contributed by atoms with Crippen LogP contribution in [0.2, 0.25) is 0 Å². The van der Waals surface area contributed by atoms with Crippen molar-refractivity contribution in [3.63, 3.8) is 0 Å². The Kier molecular flexibility index (Phi) is 5.47. The Morgan fingerprint density at radius 2 is 2.09 bits per heavy atom. The lowest BCUT2D eigenvalue weighted by Gasteiger charge is -2.06. The maximum atomic E-state index is 11.6. The van der Waals surface area contributed by atoms with Crippen molar-refractivity contribution >= 4 is 20.4 Å². The van der Waals surface area contributed by atoms with Crippen LogP contribution >= 0.6 is 8.86 Å². The number of ether oxygens (including phenoxy) is 1. The zero-order chi connectivity index (χ0) is 16.1. The summed E-state index contributed by atoms with van der Waals surface area (Å²) < 4.78 is 6.84. The summed E-state index contributed by atoms with van der Waals surface area (Å²) in [6.45, 7) is 2.71. The second-order valence-electron chi connectivity index (χ2n) is 4.92. The molecule has 6 heteroatoms. The van der Waals surface area contributed by atoms with E-state index < -0.39 is 0 Å². The van der Waals surface area contributed by atoms with Crippen LogP contribution in [0.15, 0.2) is 24.3 Å². The van der Waals surface area contributed by atoms with Crippen molar-refractivity contribution in [1.29, 1.82) is 0 Å². The van der Waals surface area contributed by atoms with E-state index in [4.69, 9.17) is 4.74 Å². The Morgan fingerprint density at radius 1 is 1.41 bits per heavy atom. The smallest absolute Gasteiger partial charge is 0.168 e. The summed E-state index contributed by atoms with van der Waals surface area (Å²) in [7, 11) is 7.05. The van der Waals surface area contributed by atoms with E-state index in [1.165, 1.54) is 0 Å². The van der Waals surface area contributed by atoms with Crippen LogP contribution in [0, 0.1) is 0 Å². The van der Waals surface area contributed by atoms with Gasteiger partial charge in [-0.15, -0.1) is 8.86 Å². The summed E-state index contributed by atoms with van der Waals surface area (Å²) in [4.78, 5) is 11.6. The van der Waals surface area contributed by atoms with Crippen LogP contribution in [-0.4, -0.2) is 42.1 Å². The second-order valence-corrected chi connectivity index (χ2v) is 5.67. The molecule has 0 fully saturated rings. The molecule has 0 saturated heterocycles. The first-order valence-electron chi connectivity index (χ1n) is 7.04. The zero-order valence-corrected chi connectivity index (χ0v) is 14.0. The molecule has 1 heterocycles. The number of methoxy groups -OCH3 is 1. The first-order valence-corrected chi connectivity index (χ1v) is 7.54.